The number of hydrogen-bond donors (Lipinski definition) is 1. The van der Waals surface area contributed by atoms with Gasteiger partial charge in [-0.05, 0) is 36.6 Å². The molecule has 0 aliphatic carbocycles. The van der Waals surface area contributed by atoms with Crippen LogP contribution in [0.15, 0.2) is 34.7 Å². The summed E-state index contributed by atoms with van der Waals surface area (Å²) in [7, 11) is 0. The van der Waals surface area contributed by atoms with Crippen molar-refractivity contribution in [3.05, 3.63) is 39.9 Å². The zero-order valence-corrected chi connectivity index (χ0v) is 10.1. The number of fused-ring (bicyclic) bond motifs is 1. The topological polar surface area (TPSA) is 59.1 Å². The number of aromatic nitrogens is 4. The third kappa shape index (κ3) is 1.79. The molecule has 3 rings (SSSR count). The summed E-state index contributed by atoms with van der Waals surface area (Å²) >= 11 is 10.0. The lowest BCUT2D eigenvalue weighted by Crippen LogP contribution is -1.95. The molecular formula is C10H6N4OS2. The zero-order valence-electron chi connectivity index (χ0n) is 8.45. The van der Waals surface area contributed by atoms with Crippen molar-refractivity contribution in [3.63, 3.8) is 0 Å². The summed E-state index contributed by atoms with van der Waals surface area (Å²) in [5.74, 6) is 0.746. The van der Waals surface area contributed by atoms with E-state index < -0.39 is 0 Å². The van der Waals surface area contributed by atoms with Crippen LogP contribution < -0.4 is 0 Å². The highest BCUT2D eigenvalue weighted by Crippen LogP contribution is 2.17. The number of nitrogens with zero attached hydrogens (tertiary/aromatic N) is 3. The van der Waals surface area contributed by atoms with Crippen LogP contribution in [-0.4, -0.2) is 19.6 Å². The van der Waals surface area contributed by atoms with E-state index in [2.05, 4.69) is 15.1 Å². The number of benzene rings is 1. The van der Waals surface area contributed by atoms with E-state index in [-0.39, 0.29) is 10.6 Å². The average Bonchev–Trinajstić information content (AvgIpc) is 2.74. The first-order chi connectivity index (χ1) is 8.24. The van der Waals surface area contributed by atoms with E-state index in [0.29, 0.717) is 10.7 Å². The second-order valence-electron chi connectivity index (χ2n) is 3.31. The molecule has 0 bridgehead atoms. The molecule has 0 spiro atoms. The van der Waals surface area contributed by atoms with Crippen LogP contribution in [-0.2, 0) is 0 Å². The Kier molecular flexibility index (Phi) is 2.34. The van der Waals surface area contributed by atoms with Crippen LogP contribution in [0.2, 0.25) is 0 Å². The molecule has 1 aromatic carbocycles. The molecular weight excluding hydrogens is 256 g/mol. The van der Waals surface area contributed by atoms with Gasteiger partial charge >= 0.3 is 5.84 Å². The van der Waals surface area contributed by atoms with Crippen LogP contribution >= 0.6 is 24.4 Å². The van der Waals surface area contributed by atoms with Crippen LogP contribution in [0.5, 0.6) is 0 Å². The van der Waals surface area contributed by atoms with Crippen molar-refractivity contribution in [1.82, 2.24) is 19.6 Å². The molecule has 2 heterocycles. The molecule has 0 unspecified atom stereocenters. The summed E-state index contributed by atoms with van der Waals surface area (Å²) in [5.41, 5.74) is 0.860. The molecule has 84 valence electrons. The maximum Gasteiger partial charge on any atom is 0.330 e. The first-order valence-electron chi connectivity index (χ1n) is 4.80. The Morgan fingerprint density at radius 2 is 1.94 bits per heavy atom. The van der Waals surface area contributed by atoms with Crippen LogP contribution in [0.4, 0.5) is 0 Å². The van der Waals surface area contributed by atoms with Crippen LogP contribution in [0.25, 0.3) is 17.3 Å². The number of nitrogens with one attached hydrogen (secondary N) is 1. The van der Waals surface area contributed by atoms with Crippen molar-refractivity contribution in [1.29, 1.82) is 0 Å². The summed E-state index contributed by atoms with van der Waals surface area (Å²) in [6.07, 6.45) is 0. The van der Waals surface area contributed by atoms with Crippen LogP contribution in [0, 0.1) is 9.54 Å². The predicted molar refractivity (Wildman–Crippen MR) is 66.7 cm³/mol. The van der Waals surface area contributed by atoms with Crippen LogP contribution in [0.1, 0.15) is 0 Å². The Balaban J connectivity index is 2.31. The smallest absolute Gasteiger partial charge is 0.330 e. The molecule has 5 nitrogen and oxygen atoms in total. The maximum absolute atomic E-state index is 5.50. The lowest BCUT2D eigenvalue weighted by atomic mass is 10.2. The third-order valence-corrected chi connectivity index (χ3v) is 2.65. The monoisotopic (exact) mass is 262 g/mol. The van der Waals surface area contributed by atoms with Gasteiger partial charge in [0.25, 0.3) is 0 Å². The van der Waals surface area contributed by atoms with Gasteiger partial charge in [0.05, 0.1) is 0 Å². The molecule has 0 fully saturated rings. The Morgan fingerprint density at radius 1 is 1.18 bits per heavy atom. The van der Waals surface area contributed by atoms with Gasteiger partial charge < -0.3 is 9.40 Å². The number of rotatable bonds is 1. The molecule has 0 saturated carbocycles. The number of aromatic amines is 1. The minimum Gasteiger partial charge on any atom is -0.403 e. The minimum absolute atomic E-state index is 0.283. The number of H-pyrrole nitrogens is 1. The van der Waals surface area contributed by atoms with Gasteiger partial charge in [-0.25, -0.2) is 0 Å². The van der Waals surface area contributed by atoms with Gasteiger partial charge in [0.15, 0.2) is 0 Å². The first kappa shape index (κ1) is 10.3. The Bertz CT molecular complexity index is 787. The summed E-state index contributed by atoms with van der Waals surface area (Å²) in [6, 6.07) is 9.52. The van der Waals surface area contributed by atoms with E-state index in [4.69, 9.17) is 28.9 Å². The normalized spacial score (nSPS) is 10.8. The van der Waals surface area contributed by atoms with Crippen molar-refractivity contribution >= 4 is 30.3 Å². The van der Waals surface area contributed by atoms with Crippen molar-refractivity contribution in [2.45, 2.75) is 0 Å². The van der Waals surface area contributed by atoms with E-state index >= 15 is 0 Å². The predicted octanol–water partition coefficient (Wildman–Crippen LogP) is 2.78. The summed E-state index contributed by atoms with van der Waals surface area (Å²) < 4.78 is 7.56. The fourth-order valence-electron chi connectivity index (χ4n) is 1.44. The van der Waals surface area contributed by atoms with Crippen molar-refractivity contribution in [3.8, 4) is 11.5 Å². The molecule has 7 heteroatoms. The van der Waals surface area contributed by atoms with Gasteiger partial charge in [-0.3, -0.25) is 0 Å². The third-order valence-electron chi connectivity index (χ3n) is 2.18. The molecule has 0 aliphatic heterocycles. The molecule has 1 N–H and O–H groups in total. The molecule has 2 aromatic heterocycles. The Hall–Kier alpha value is -1.86. The fourth-order valence-corrected chi connectivity index (χ4v) is 1.90. The quantitative estimate of drug-likeness (QED) is 0.683. The van der Waals surface area contributed by atoms with E-state index in [1.807, 2.05) is 30.3 Å². The summed E-state index contributed by atoms with van der Waals surface area (Å²) in [5, 5.41) is 4.23. The SMILES string of the molecule is S=c1nc2oc(-c3ccccc3)nn2c(=S)[nH]1. The zero-order chi connectivity index (χ0) is 11.8. The van der Waals surface area contributed by atoms with Gasteiger partial charge in [0.1, 0.15) is 0 Å². The maximum atomic E-state index is 5.50. The molecule has 3 aromatic rings. The van der Waals surface area contributed by atoms with Crippen molar-refractivity contribution in [2.24, 2.45) is 0 Å². The fraction of sp³-hybridized carbons (Fsp3) is 0. The summed E-state index contributed by atoms with van der Waals surface area (Å²) in [4.78, 5) is 6.75. The largest absolute Gasteiger partial charge is 0.403 e. The molecule has 0 aliphatic rings. The van der Waals surface area contributed by atoms with E-state index in [1.54, 1.807) is 0 Å². The van der Waals surface area contributed by atoms with E-state index in [9.17, 15) is 0 Å². The highest BCUT2D eigenvalue weighted by molar-refractivity contribution is 7.71. The first-order valence-corrected chi connectivity index (χ1v) is 5.61. The Labute approximate surface area is 106 Å². The lowest BCUT2D eigenvalue weighted by Gasteiger charge is -1.90. The second-order valence-corrected chi connectivity index (χ2v) is 4.09. The second kappa shape index (κ2) is 3.86. The Morgan fingerprint density at radius 3 is 2.71 bits per heavy atom. The van der Waals surface area contributed by atoms with E-state index in [0.717, 1.165) is 5.56 Å². The lowest BCUT2D eigenvalue weighted by molar-refractivity contribution is 0.599. The average molecular weight is 262 g/mol. The highest BCUT2D eigenvalue weighted by Gasteiger charge is 2.08. The van der Waals surface area contributed by atoms with Gasteiger partial charge in [0.2, 0.25) is 15.4 Å². The molecule has 17 heavy (non-hydrogen) atoms. The molecule has 0 atom stereocenters. The number of hydrogen-bond acceptors (Lipinski definition) is 5. The van der Waals surface area contributed by atoms with Gasteiger partial charge in [0, 0.05) is 5.56 Å². The molecule has 0 saturated heterocycles. The van der Waals surface area contributed by atoms with Crippen molar-refractivity contribution < 1.29 is 4.42 Å². The highest BCUT2D eigenvalue weighted by atomic mass is 32.1. The molecule has 0 radical (unpaired) electrons. The summed E-state index contributed by atoms with van der Waals surface area (Å²) in [6.45, 7) is 0. The van der Waals surface area contributed by atoms with Crippen LogP contribution in [0.3, 0.4) is 0 Å². The molecule has 0 amide bonds. The van der Waals surface area contributed by atoms with Gasteiger partial charge in [-0.2, -0.15) is 9.50 Å². The minimum atomic E-state index is 0.283. The van der Waals surface area contributed by atoms with Gasteiger partial charge in [-0.15, -0.1) is 5.10 Å². The van der Waals surface area contributed by atoms with Crippen molar-refractivity contribution in [2.75, 3.05) is 0 Å². The van der Waals surface area contributed by atoms with E-state index in [1.165, 1.54) is 4.52 Å². The van der Waals surface area contributed by atoms with Gasteiger partial charge in [-0.1, -0.05) is 18.2 Å². The standard InChI is InChI=1S/C10H6N4OS2/c16-8-11-9-14(10(17)12-8)13-7(15-9)6-4-2-1-3-5-6/h1-5H,(H,12,16,17).